The Morgan fingerprint density at radius 1 is 1.58 bits per heavy atom. The molecule has 102 valence electrons. The molecular weight excluding hydrogens is 290 g/mol. The molecule has 0 amide bonds. The monoisotopic (exact) mass is 301 g/mol. The number of hydrogen-bond acceptors (Lipinski definition) is 6. The van der Waals surface area contributed by atoms with Crippen molar-refractivity contribution in [2.45, 2.75) is 13.5 Å². The van der Waals surface area contributed by atoms with Crippen molar-refractivity contribution in [3.05, 3.63) is 16.9 Å². The highest BCUT2D eigenvalue weighted by Crippen LogP contribution is 2.36. The highest BCUT2D eigenvalue weighted by atomic mass is 35.5. The number of methoxy groups -OCH3 is 1. The first kappa shape index (κ1) is 14.0. The Morgan fingerprint density at radius 3 is 3.05 bits per heavy atom. The van der Waals surface area contributed by atoms with Crippen LogP contribution in [-0.4, -0.2) is 34.2 Å². The molecule has 0 unspecified atom stereocenters. The van der Waals surface area contributed by atoms with Gasteiger partial charge in [-0.25, -0.2) is 9.97 Å². The highest BCUT2D eigenvalue weighted by Gasteiger charge is 2.19. The van der Waals surface area contributed by atoms with Gasteiger partial charge in [0, 0.05) is 33.0 Å². The lowest BCUT2D eigenvalue weighted by molar-refractivity contribution is -0.131. The van der Waals surface area contributed by atoms with Crippen LogP contribution in [0.25, 0.3) is 11.5 Å². The van der Waals surface area contributed by atoms with E-state index < -0.39 is 5.97 Å². The summed E-state index contributed by atoms with van der Waals surface area (Å²) in [5, 5.41) is 0.349. The van der Waals surface area contributed by atoms with Crippen molar-refractivity contribution in [3.8, 4) is 16.6 Å². The first-order valence-corrected chi connectivity index (χ1v) is 6.66. The van der Waals surface area contributed by atoms with Gasteiger partial charge in [0.15, 0.2) is 16.0 Å². The van der Waals surface area contributed by atoms with Crippen molar-refractivity contribution >= 4 is 28.9 Å². The fourth-order valence-electron chi connectivity index (χ4n) is 1.52. The Balaban J connectivity index is 2.35. The van der Waals surface area contributed by atoms with E-state index in [0.717, 1.165) is 11.3 Å². The van der Waals surface area contributed by atoms with Crippen molar-refractivity contribution in [1.29, 1.82) is 0 Å². The van der Waals surface area contributed by atoms with Gasteiger partial charge in [-0.1, -0.05) is 22.9 Å². The van der Waals surface area contributed by atoms with Crippen LogP contribution in [0, 0.1) is 0 Å². The number of halogens is 1. The largest absolute Gasteiger partial charge is 0.413 e. The Bertz CT molecular complexity index is 582. The maximum atomic E-state index is 11.1. The van der Waals surface area contributed by atoms with Crippen LogP contribution in [-0.2, 0) is 16.1 Å². The fourth-order valence-corrected chi connectivity index (χ4v) is 2.50. The number of esters is 1. The summed E-state index contributed by atoms with van der Waals surface area (Å²) in [6.07, 6.45) is 3.45. The zero-order chi connectivity index (χ0) is 13.8. The molecule has 2 heterocycles. The second-order valence-electron chi connectivity index (χ2n) is 3.63. The minimum atomic E-state index is -0.420. The summed E-state index contributed by atoms with van der Waals surface area (Å²) in [7, 11) is 1.63. The van der Waals surface area contributed by atoms with Gasteiger partial charge in [0.05, 0.1) is 6.61 Å². The van der Waals surface area contributed by atoms with Crippen molar-refractivity contribution in [2.24, 2.45) is 0 Å². The van der Waals surface area contributed by atoms with Gasteiger partial charge in [-0.05, 0) is 0 Å². The molecule has 2 rings (SSSR count). The van der Waals surface area contributed by atoms with E-state index in [1.54, 1.807) is 19.5 Å². The Morgan fingerprint density at radius 2 is 2.37 bits per heavy atom. The van der Waals surface area contributed by atoms with Crippen LogP contribution in [0.1, 0.15) is 6.92 Å². The average molecular weight is 302 g/mol. The van der Waals surface area contributed by atoms with E-state index in [2.05, 4.69) is 9.97 Å². The van der Waals surface area contributed by atoms with Crippen molar-refractivity contribution in [2.75, 3.05) is 13.7 Å². The molecule has 0 aliphatic heterocycles. The minimum absolute atomic E-state index is 0.299. The van der Waals surface area contributed by atoms with E-state index >= 15 is 0 Å². The van der Waals surface area contributed by atoms with Crippen LogP contribution in [0.2, 0.25) is 4.47 Å². The molecule has 0 spiro atoms. The number of aromatic nitrogens is 3. The molecule has 0 atom stereocenters. The maximum Gasteiger partial charge on any atom is 0.308 e. The van der Waals surface area contributed by atoms with Crippen molar-refractivity contribution in [3.63, 3.8) is 0 Å². The van der Waals surface area contributed by atoms with Crippen LogP contribution < -0.4 is 4.74 Å². The molecule has 0 aliphatic carbocycles. The Labute approximate surface area is 119 Å². The van der Waals surface area contributed by atoms with E-state index in [1.165, 1.54) is 6.92 Å². The number of nitrogens with zero attached hydrogens (tertiary/aromatic N) is 3. The van der Waals surface area contributed by atoms with E-state index in [-0.39, 0.29) is 0 Å². The Hall–Kier alpha value is -1.44. The SMILES string of the molecule is COCCn1ccnc1-c1nc(Cl)sc1OC(C)=O. The fraction of sp³-hybridized carbons (Fsp3) is 0.364. The molecule has 2 aromatic rings. The number of rotatable bonds is 5. The predicted molar refractivity (Wildman–Crippen MR) is 71.5 cm³/mol. The smallest absolute Gasteiger partial charge is 0.308 e. The second-order valence-corrected chi connectivity index (χ2v) is 5.18. The molecule has 0 saturated carbocycles. The minimum Gasteiger partial charge on any atom is -0.413 e. The number of carbonyl (C=O) groups is 1. The van der Waals surface area contributed by atoms with Crippen LogP contribution in [0.3, 0.4) is 0 Å². The molecule has 2 aromatic heterocycles. The standard InChI is InChI=1S/C11H12ClN3O3S/c1-7(16)18-10-8(14-11(12)19-10)9-13-3-4-15(9)5-6-17-2/h3-4H,5-6H2,1-2H3. The normalized spacial score (nSPS) is 10.7. The second kappa shape index (κ2) is 6.14. The van der Waals surface area contributed by atoms with E-state index in [0.29, 0.717) is 34.2 Å². The summed E-state index contributed by atoms with van der Waals surface area (Å²) >= 11 is 6.98. The lowest BCUT2D eigenvalue weighted by atomic mass is 10.4. The zero-order valence-electron chi connectivity index (χ0n) is 10.4. The van der Waals surface area contributed by atoms with Gasteiger partial charge in [-0.2, -0.15) is 0 Å². The van der Waals surface area contributed by atoms with Gasteiger partial charge in [0.1, 0.15) is 0 Å². The van der Waals surface area contributed by atoms with Crippen LogP contribution in [0.4, 0.5) is 0 Å². The van der Waals surface area contributed by atoms with Gasteiger partial charge in [0.25, 0.3) is 0 Å². The quantitative estimate of drug-likeness (QED) is 0.792. The molecule has 19 heavy (non-hydrogen) atoms. The number of imidazole rings is 1. The van der Waals surface area contributed by atoms with Gasteiger partial charge < -0.3 is 14.0 Å². The summed E-state index contributed by atoms with van der Waals surface area (Å²) in [6.45, 7) is 2.50. The number of carbonyl (C=O) groups excluding carboxylic acids is 1. The van der Waals surface area contributed by atoms with Gasteiger partial charge in [-0.15, -0.1) is 0 Å². The lowest BCUT2D eigenvalue weighted by Gasteiger charge is -2.06. The van der Waals surface area contributed by atoms with Crippen molar-refractivity contribution < 1.29 is 14.3 Å². The van der Waals surface area contributed by atoms with Crippen LogP contribution in [0.15, 0.2) is 12.4 Å². The summed E-state index contributed by atoms with van der Waals surface area (Å²) < 4.78 is 12.3. The first-order chi connectivity index (χ1) is 9.11. The lowest BCUT2D eigenvalue weighted by Crippen LogP contribution is -2.06. The molecule has 6 nitrogen and oxygen atoms in total. The van der Waals surface area contributed by atoms with Gasteiger partial charge in [0.2, 0.25) is 5.06 Å². The average Bonchev–Trinajstić information content (AvgIpc) is 2.92. The molecule has 0 N–H and O–H groups in total. The molecular formula is C11H12ClN3O3S. The third-order valence-corrected chi connectivity index (χ3v) is 3.31. The third kappa shape index (κ3) is 3.31. The van der Waals surface area contributed by atoms with E-state index in [9.17, 15) is 4.79 Å². The topological polar surface area (TPSA) is 66.2 Å². The Kier molecular flexibility index (Phi) is 4.52. The van der Waals surface area contributed by atoms with Crippen LogP contribution >= 0.6 is 22.9 Å². The molecule has 0 aliphatic rings. The molecule has 0 bridgehead atoms. The number of ether oxygens (including phenoxy) is 2. The van der Waals surface area contributed by atoms with Gasteiger partial charge in [-0.3, -0.25) is 4.79 Å². The molecule has 0 fully saturated rings. The summed E-state index contributed by atoms with van der Waals surface area (Å²) in [4.78, 5) is 19.4. The van der Waals surface area contributed by atoms with Gasteiger partial charge >= 0.3 is 5.97 Å². The zero-order valence-corrected chi connectivity index (χ0v) is 12.0. The maximum absolute atomic E-state index is 11.1. The van der Waals surface area contributed by atoms with E-state index in [4.69, 9.17) is 21.1 Å². The van der Waals surface area contributed by atoms with E-state index in [1.807, 2.05) is 4.57 Å². The summed E-state index contributed by atoms with van der Waals surface area (Å²) in [5.74, 6) is 0.174. The molecule has 0 radical (unpaired) electrons. The molecule has 8 heteroatoms. The predicted octanol–water partition coefficient (Wildman–Crippen LogP) is 2.23. The molecule has 0 aromatic carbocycles. The highest BCUT2D eigenvalue weighted by molar-refractivity contribution is 7.17. The third-order valence-electron chi connectivity index (χ3n) is 2.27. The number of hydrogen-bond donors (Lipinski definition) is 0. The number of thiazole rings is 1. The summed E-state index contributed by atoms with van der Waals surface area (Å²) in [5.41, 5.74) is 0.464. The van der Waals surface area contributed by atoms with Crippen molar-refractivity contribution in [1.82, 2.24) is 14.5 Å². The first-order valence-electron chi connectivity index (χ1n) is 5.47. The van der Waals surface area contributed by atoms with Crippen LogP contribution in [0.5, 0.6) is 5.06 Å². The molecule has 0 saturated heterocycles. The summed E-state index contributed by atoms with van der Waals surface area (Å²) in [6, 6.07) is 0.